The van der Waals surface area contributed by atoms with Gasteiger partial charge >= 0.3 is 0 Å². The number of amides is 1. The van der Waals surface area contributed by atoms with Crippen molar-refractivity contribution >= 4 is 38.5 Å². The molecule has 0 radical (unpaired) electrons. The van der Waals surface area contributed by atoms with E-state index >= 15 is 0 Å². The first-order valence-corrected chi connectivity index (χ1v) is 15.8. The number of aromatic amines is 1. The Morgan fingerprint density at radius 2 is 1.88 bits per heavy atom. The van der Waals surface area contributed by atoms with Crippen LogP contribution in [0.2, 0.25) is 0 Å². The van der Waals surface area contributed by atoms with Gasteiger partial charge < -0.3 is 15.6 Å². The first-order chi connectivity index (χ1) is 19.6. The number of H-pyrrole nitrogens is 1. The summed E-state index contributed by atoms with van der Waals surface area (Å²) in [6.45, 7) is 3.68. The number of anilines is 1. The maximum Gasteiger partial charge on any atom is 0.292 e. The van der Waals surface area contributed by atoms with Gasteiger partial charge in [-0.1, -0.05) is 6.07 Å². The van der Waals surface area contributed by atoms with Crippen LogP contribution in [-0.4, -0.2) is 77.3 Å². The molecule has 0 spiro atoms. The van der Waals surface area contributed by atoms with Gasteiger partial charge in [0.15, 0.2) is 15.5 Å². The zero-order valence-corrected chi connectivity index (χ0v) is 24.1. The second-order valence-corrected chi connectivity index (χ2v) is 13.5. The number of carbonyl (C=O) groups excluding carboxylic acids is 1. The van der Waals surface area contributed by atoms with Gasteiger partial charge in [-0.05, 0) is 39.2 Å². The van der Waals surface area contributed by atoms with Crippen LogP contribution in [0.3, 0.4) is 0 Å². The van der Waals surface area contributed by atoms with Crippen LogP contribution in [0, 0.1) is 13.8 Å². The lowest BCUT2D eigenvalue weighted by Gasteiger charge is -2.55. The molecular formula is C26H26N10O3S2. The number of piperidine rings is 1. The van der Waals surface area contributed by atoms with Crippen LogP contribution in [0.25, 0.3) is 27.5 Å². The highest BCUT2D eigenvalue weighted by Crippen LogP contribution is 2.47. The molecule has 0 unspecified atom stereocenters. The van der Waals surface area contributed by atoms with Gasteiger partial charge in [0.25, 0.3) is 5.91 Å². The van der Waals surface area contributed by atoms with Gasteiger partial charge in [-0.2, -0.15) is 9.61 Å². The number of hydrogen-bond acceptors (Lipinski definition) is 11. The zero-order chi connectivity index (χ0) is 28.6. The molecule has 15 heteroatoms. The fourth-order valence-corrected chi connectivity index (χ4v) is 7.86. The molecule has 0 aromatic carbocycles. The van der Waals surface area contributed by atoms with Crippen LogP contribution in [0.1, 0.15) is 53.0 Å². The Kier molecular flexibility index (Phi) is 5.73. The summed E-state index contributed by atoms with van der Waals surface area (Å²) in [5.41, 5.74) is 10.5. The maximum atomic E-state index is 13.1. The SMILES string of the molecule is Cc1csc(-c2ccc(-c3cnn4c(N)c(S(C)(=O)=O)c([C@H]5C[C@@H]6C[C@H](C5)N6C(=O)c5nnc(C)[nH]5)nc34)cn2)n1. The number of fused-ring (bicyclic) bond motifs is 3. The lowest BCUT2D eigenvalue weighted by Crippen LogP contribution is -2.62. The summed E-state index contributed by atoms with van der Waals surface area (Å²) in [7, 11) is -3.74. The number of hydrogen-bond donors (Lipinski definition) is 2. The number of rotatable bonds is 5. The van der Waals surface area contributed by atoms with Crippen molar-refractivity contribution in [2.75, 3.05) is 12.0 Å². The van der Waals surface area contributed by atoms with E-state index in [4.69, 9.17) is 10.7 Å². The van der Waals surface area contributed by atoms with Gasteiger partial charge in [-0.15, -0.1) is 21.5 Å². The Labute approximate surface area is 238 Å². The molecule has 1 aliphatic carbocycles. The predicted octanol–water partition coefficient (Wildman–Crippen LogP) is 2.80. The Bertz CT molecular complexity index is 1930. The second-order valence-electron chi connectivity index (χ2n) is 10.7. The normalized spacial score (nSPS) is 20.4. The summed E-state index contributed by atoms with van der Waals surface area (Å²) < 4.78 is 27.4. The highest BCUT2D eigenvalue weighted by atomic mass is 32.2. The molecule has 5 aromatic heterocycles. The minimum absolute atomic E-state index is 0.0118. The van der Waals surface area contributed by atoms with Gasteiger partial charge in [0, 0.05) is 52.7 Å². The number of pyridine rings is 1. The molecule has 8 rings (SSSR count). The van der Waals surface area contributed by atoms with E-state index < -0.39 is 9.84 Å². The summed E-state index contributed by atoms with van der Waals surface area (Å²) >= 11 is 1.53. The average molecular weight is 591 g/mol. The molecule has 3 fully saturated rings. The molecule has 210 valence electrons. The summed E-state index contributed by atoms with van der Waals surface area (Å²) in [5.74, 6) is 0.407. The summed E-state index contributed by atoms with van der Waals surface area (Å²) in [4.78, 5) is 31.8. The van der Waals surface area contributed by atoms with E-state index in [0.717, 1.165) is 34.6 Å². The molecule has 5 aromatic rings. The van der Waals surface area contributed by atoms with Crippen molar-refractivity contribution in [3.05, 3.63) is 52.9 Å². The van der Waals surface area contributed by atoms with Crippen LogP contribution in [0.15, 0.2) is 34.8 Å². The Balaban J connectivity index is 1.25. The third kappa shape index (κ3) is 4.18. The van der Waals surface area contributed by atoms with Crippen LogP contribution < -0.4 is 5.73 Å². The number of nitrogens with two attached hydrogens (primary N) is 1. The van der Waals surface area contributed by atoms with Crippen molar-refractivity contribution in [1.29, 1.82) is 0 Å². The quantitative estimate of drug-likeness (QED) is 0.309. The van der Waals surface area contributed by atoms with Crippen LogP contribution >= 0.6 is 11.3 Å². The first-order valence-electron chi connectivity index (χ1n) is 13.1. The first kappa shape index (κ1) is 25.7. The van der Waals surface area contributed by atoms with Gasteiger partial charge in [-0.25, -0.2) is 18.4 Å². The monoisotopic (exact) mass is 590 g/mol. The van der Waals surface area contributed by atoms with E-state index in [1.54, 1.807) is 19.3 Å². The fraction of sp³-hybridized carbons (Fsp3) is 0.346. The van der Waals surface area contributed by atoms with E-state index in [9.17, 15) is 13.2 Å². The molecule has 2 saturated heterocycles. The average Bonchev–Trinajstić information content (AvgIpc) is 3.68. The molecule has 13 nitrogen and oxygen atoms in total. The number of aryl methyl sites for hydroxylation is 2. The number of carbonyl (C=O) groups is 1. The van der Waals surface area contributed by atoms with Crippen LogP contribution in [0.5, 0.6) is 0 Å². The topological polar surface area (TPSA) is 178 Å². The Hall–Kier alpha value is -4.24. The van der Waals surface area contributed by atoms with Crippen molar-refractivity contribution in [3.63, 3.8) is 0 Å². The zero-order valence-electron chi connectivity index (χ0n) is 22.4. The highest BCUT2D eigenvalue weighted by molar-refractivity contribution is 7.91. The smallest absolute Gasteiger partial charge is 0.292 e. The van der Waals surface area contributed by atoms with E-state index in [0.29, 0.717) is 35.6 Å². The number of thiazole rings is 1. The molecule has 3 N–H and O–H groups in total. The van der Waals surface area contributed by atoms with Crippen molar-refractivity contribution in [2.45, 2.75) is 56.0 Å². The Morgan fingerprint density at radius 3 is 2.49 bits per heavy atom. The van der Waals surface area contributed by atoms with Crippen molar-refractivity contribution in [1.82, 2.24) is 44.6 Å². The largest absolute Gasteiger partial charge is 0.382 e. The van der Waals surface area contributed by atoms with E-state index in [2.05, 4.69) is 30.2 Å². The number of nitrogens with one attached hydrogen (secondary N) is 1. The molecule has 1 saturated carbocycles. The molecule has 2 aliphatic heterocycles. The van der Waals surface area contributed by atoms with E-state index in [1.807, 2.05) is 29.3 Å². The molecule has 3 atom stereocenters. The maximum absolute atomic E-state index is 13.1. The van der Waals surface area contributed by atoms with Crippen LogP contribution in [-0.2, 0) is 9.84 Å². The van der Waals surface area contributed by atoms with Gasteiger partial charge in [0.2, 0.25) is 5.82 Å². The minimum Gasteiger partial charge on any atom is -0.382 e. The fourth-order valence-electron chi connectivity index (χ4n) is 6.02. The number of nitrogen functional groups attached to an aromatic ring is 1. The molecule has 1 amide bonds. The summed E-state index contributed by atoms with van der Waals surface area (Å²) in [6, 6.07) is 3.70. The van der Waals surface area contributed by atoms with E-state index in [-0.39, 0.29) is 40.4 Å². The highest BCUT2D eigenvalue weighted by Gasteiger charge is 2.50. The molecule has 7 heterocycles. The third-order valence-corrected chi connectivity index (χ3v) is 9.96. The summed E-state index contributed by atoms with van der Waals surface area (Å²) in [6.07, 6.45) is 6.46. The van der Waals surface area contributed by atoms with Crippen molar-refractivity contribution < 1.29 is 13.2 Å². The summed E-state index contributed by atoms with van der Waals surface area (Å²) in [5, 5.41) is 15.0. The van der Waals surface area contributed by atoms with Crippen LogP contribution in [0.4, 0.5) is 5.82 Å². The van der Waals surface area contributed by atoms with E-state index in [1.165, 1.54) is 15.9 Å². The molecule has 41 heavy (non-hydrogen) atoms. The van der Waals surface area contributed by atoms with Gasteiger partial charge in [-0.3, -0.25) is 9.78 Å². The number of sulfone groups is 1. The minimum atomic E-state index is -3.74. The van der Waals surface area contributed by atoms with Crippen molar-refractivity contribution in [2.24, 2.45) is 0 Å². The third-order valence-electron chi connectivity index (χ3n) is 7.81. The van der Waals surface area contributed by atoms with Gasteiger partial charge in [0.05, 0.1) is 17.6 Å². The molecular weight excluding hydrogens is 564 g/mol. The van der Waals surface area contributed by atoms with Gasteiger partial charge in [0.1, 0.15) is 21.5 Å². The predicted molar refractivity (Wildman–Crippen MR) is 151 cm³/mol. The number of aromatic nitrogens is 8. The Morgan fingerprint density at radius 1 is 1.10 bits per heavy atom. The lowest BCUT2D eigenvalue weighted by atomic mass is 9.72. The second kappa shape index (κ2) is 9.14. The lowest BCUT2D eigenvalue weighted by molar-refractivity contribution is -0.0205. The molecule has 3 aliphatic rings. The van der Waals surface area contributed by atoms with Crippen molar-refractivity contribution in [3.8, 4) is 21.8 Å². The molecule has 2 bridgehead atoms. The number of nitrogens with zero attached hydrogens (tertiary/aromatic N) is 8. The standard InChI is InChI=1S/C26H26N10O3S2/c1-12-11-40-25(30-12)19-5-4-14(9-28-19)18-10-29-36-22(27)21(41(3,38)39)20(32-24(18)36)15-6-16-8-17(7-15)35(16)26(37)23-31-13(2)33-34-23/h4-5,9-11,15-17H,6-8,27H2,1-3H3,(H,31,33,34)/t15-,16+,17-.